The summed E-state index contributed by atoms with van der Waals surface area (Å²) in [7, 11) is 0. The molecule has 3 nitrogen and oxygen atoms in total. The van der Waals surface area contributed by atoms with Crippen molar-refractivity contribution in [3.05, 3.63) is 84.2 Å². The normalized spacial score (nSPS) is 10.9. The van der Waals surface area contributed by atoms with Gasteiger partial charge in [-0.15, -0.1) is 6.58 Å². The summed E-state index contributed by atoms with van der Waals surface area (Å²) in [5.74, 6) is -1.77. The van der Waals surface area contributed by atoms with E-state index in [1.165, 1.54) is 24.3 Å². The Labute approximate surface area is 160 Å². The van der Waals surface area contributed by atoms with Gasteiger partial charge in [0.1, 0.15) is 5.75 Å². The van der Waals surface area contributed by atoms with Crippen LogP contribution in [0.1, 0.15) is 22.3 Å². The first kappa shape index (κ1) is 19.5. The maximum atomic E-state index is 14.2. The highest BCUT2D eigenvalue weighted by atomic mass is 19.3. The van der Waals surface area contributed by atoms with Gasteiger partial charge in [-0.1, -0.05) is 24.3 Å². The van der Waals surface area contributed by atoms with Crippen molar-refractivity contribution in [1.82, 2.24) is 0 Å². The molecule has 0 aliphatic heterocycles. The van der Waals surface area contributed by atoms with Gasteiger partial charge in [-0.2, -0.15) is 8.78 Å². The number of benzene rings is 3. The molecule has 0 unspecified atom stereocenters. The van der Waals surface area contributed by atoms with Crippen LogP contribution in [0.2, 0.25) is 0 Å². The number of halogens is 3. The first-order chi connectivity index (χ1) is 13.5. The third kappa shape index (κ3) is 4.52. The smallest absolute Gasteiger partial charge is 0.387 e. The number of fused-ring (bicyclic) bond motifs is 1. The fraction of sp³-hybridized carbons (Fsp3) is 0.136. The molecule has 3 aromatic carbocycles. The molecule has 0 N–H and O–H groups in total. The Morgan fingerprint density at radius 2 is 1.82 bits per heavy atom. The van der Waals surface area contributed by atoms with Gasteiger partial charge in [-0.25, -0.2) is 9.18 Å². The molecule has 0 heterocycles. The van der Waals surface area contributed by atoms with Crippen molar-refractivity contribution in [3.8, 4) is 11.5 Å². The number of carbonyl (C=O) groups excluding carboxylic acids is 1. The molecule has 0 spiro atoms. The van der Waals surface area contributed by atoms with Crippen LogP contribution < -0.4 is 9.47 Å². The van der Waals surface area contributed by atoms with Crippen LogP contribution in [0.4, 0.5) is 13.2 Å². The van der Waals surface area contributed by atoms with Gasteiger partial charge in [-0.3, -0.25) is 0 Å². The lowest BCUT2D eigenvalue weighted by Crippen LogP contribution is -2.08. The minimum atomic E-state index is -3.12. The molecule has 0 saturated carbocycles. The summed E-state index contributed by atoms with van der Waals surface area (Å²) >= 11 is 0. The van der Waals surface area contributed by atoms with Gasteiger partial charge in [-0.05, 0) is 60.2 Å². The van der Waals surface area contributed by atoms with E-state index in [9.17, 15) is 18.0 Å². The van der Waals surface area contributed by atoms with E-state index in [2.05, 4.69) is 11.3 Å². The summed E-state index contributed by atoms with van der Waals surface area (Å²) in [6, 6.07) is 13.8. The van der Waals surface area contributed by atoms with Crippen molar-refractivity contribution >= 4 is 16.7 Å². The molecule has 0 saturated heterocycles. The molecule has 144 valence electrons. The fourth-order valence-corrected chi connectivity index (χ4v) is 2.74. The number of esters is 1. The number of hydrogen-bond donors (Lipinski definition) is 0. The maximum Gasteiger partial charge on any atom is 0.387 e. The molecule has 0 radical (unpaired) electrons. The van der Waals surface area contributed by atoms with Crippen molar-refractivity contribution in [2.24, 2.45) is 0 Å². The van der Waals surface area contributed by atoms with Crippen LogP contribution in [-0.4, -0.2) is 12.6 Å². The van der Waals surface area contributed by atoms with Crippen molar-refractivity contribution < 1.29 is 27.4 Å². The second-order valence-electron chi connectivity index (χ2n) is 6.05. The minimum Gasteiger partial charge on any atom is -0.432 e. The topological polar surface area (TPSA) is 35.5 Å². The first-order valence-corrected chi connectivity index (χ1v) is 8.57. The number of alkyl halides is 2. The van der Waals surface area contributed by atoms with Gasteiger partial charge in [0, 0.05) is 5.39 Å². The molecule has 6 heteroatoms. The second-order valence-corrected chi connectivity index (χ2v) is 6.05. The Bertz CT molecular complexity index is 998. The molecule has 0 atom stereocenters. The number of aryl methyl sites for hydroxylation is 1. The van der Waals surface area contributed by atoms with Crippen LogP contribution in [-0.2, 0) is 6.42 Å². The van der Waals surface area contributed by atoms with Gasteiger partial charge in [0.2, 0.25) is 0 Å². The molecule has 28 heavy (non-hydrogen) atoms. The van der Waals surface area contributed by atoms with E-state index in [-0.39, 0.29) is 11.1 Å². The van der Waals surface area contributed by atoms with E-state index in [0.29, 0.717) is 10.9 Å². The average molecular weight is 386 g/mol. The predicted molar refractivity (Wildman–Crippen MR) is 100 cm³/mol. The molecule has 0 bridgehead atoms. The van der Waals surface area contributed by atoms with E-state index in [4.69, 9.17) is 4.74 Å². The summed E-state index contributed by atoms with van der Waals surface area (Å²) < 4.78 is 48.3. The highest BCUT2D eigenvalue weighted by Gasteiger charge is 2.14. The number of hydrogen-bond acceptors (Lipinski definition) is 3. The lowest BCUT2D eigenvalue weighted by atomic mass is 10.1. The van der Waals surface area contributed by atoms with E-state index in [1.807, 2.05) is 18.2 Å². The number of ether oxygens (including phenoxy) is 2. The largest absolute Gasteiger partial charge is 0.432 e. The van der Waals surface area contributed by atoms with Crippen molar-refractivity contribution in [1.29, 1.82) is 0 Å². The average Bonchev–Trinajstić information content (AvgIpc) is 2.68. The van der Waals surface area contributed by atoms with E-state index in [1.54, 1.807) is 12.1 Å². The maximum absolute atomic E-state index is 14.2. The molecule has 0 amide bonds. The molecule has 0 aliphatic rings. The van der Waals surface area contributed by atoms with Crippen molar-refractivity contribution in [3.63, 3.8) is 0 Å². The highest BCUT2D eigenvalue weighted by Crippen LogP contribution is 2.30. The Balaban J connectivity index is 1.76. The van der Waals surface area contributed by atoms with Crippen LogP contribution >= 0.6 is 0 Å². The number of carbonyl (C=O) groups is 1. The standard InChI is InChI=1S/C22H17F3O3/c1-2-3-4-14-5-7-15(8-6-14)21(26)27-17-10-11-18-16(13-17)9-12-19(20(18)23)28-22(24)25/h2,5-13,22H,1,3-4H2. The first-order valence-electron chi connectivity index (χ1n) is 8.57. The van der Waals surface area contributed by atoms with Crippen LogP contribution in [0.5, 0.6) is 11.5 Å². The summed E-state index contributed by atoms with van der Waals surface area (Å²) in [6.07, 6.45) is 3.52. The molecular weight excluding hydrogens is 369 g/mol. The van der Waals surface area contributed by atoms with Crippen LogP contribution in [0.25, 0.3) is 10.8 Å². The van der Waals surface area contributed by atoms with Crippen LogP contribution in [0, 0.1) is 5.82 Å². The Morgan fingerprint density at radius 1 is 1.07 bits per heavy atom. The number of allylic oxidation sites excluding steroid dienone is 1. The molecular formula is C22H17F3O3. The van der Waals surface area contributed by atoms with Gasteiger partial charge in [0.15, 0.2) is 11.6 Å². The molecule has 0 aromatic heterocycles. The van der Waals surface area contributed by atoms with E-state index in [0.717, 1.165) is 24.5 Å². The Morgan fingerprint density at radius 3 is 2.50 bits per heavy atom. The zero-order valence-electron chi connectivity index (χ0n) is 14.8. The van der Waals surface area contributed by atoms with Gasteiger partial charge in [0.25, 0.3) is 0 Å². The third-order valence-electron chi connectivity index (χ3n) is 4.14. The van der Waals surface area contributed by atoms with E-state index < -0.39 is 24.1 Å². The van der Waals surface area contributed by atoms with Gasteiger partial charge < -0.3 is 9.47 Å². The van der Waals surface area contributed by atoms with E-state index >= 15 is 0 Å². The lowest BCUT2D eigenvalue weighted by Gasteiger charge is -2.10. The summed E-state index contributed by atoms with van der Waals surface area (Å²) in [6.45, 7) is 0.559. The summed E-state index contributed by atoms with van der Waals surface area (Å²) in [4.78, 5) is 12.3. The molecule has 3 aromatic rings. The molecule has 0 aliphatic carbocycles. The second kappa shape index (κ2) is 8.61. The van der Waals surface area contributed by atoms with Gasteiger partial charge >= 0.3 is 12.6 Å². The van der Waals surface area contributed by atoms with Crippen LogP contribution in [0.15, 0.2) is 67.3 Å². The molecule has 3 rings (SSSR count). The monoisotopic (exact) mass is 386 g/mol. The SMILES string of the molecule is C=CCCc1ccc(C(=O)Oc2ccc3c(F)c(OC(F)F)ccc3c2)cc1. The zero-order chi connectivity index (χ0) is 20.1. The quantitative estimate of drug-likeness (QED) is 0.287. The third-order valence-corrected chi connectivity index (χ3v) is 4.14. The Kier molecular flexibility index (Phi) is 5.99. The molecule has 0 fully saturated rings. The van der Waals surface area contributed by atoms with Crippen LogP contribution in [0.3, 0.4) is 0 Å². The summed E-state index contributed by atoms with van der Waals surface area (Å²) in [5, 5.41) is 0.480. The van der Waals surface area contributed by atoms with Crippen molar-refractivity contribution in [2.75, 3.05) is 0 Å². The highest BCUT2D eigenvalue weighted by molar-refractivity contribution is 5.92. The number of rotatable bonds is 7. The zero-order valence-corrected chi connectivity index (χ0v) is 14.8. The fourth-order valence-electron chi connectivity index (χ4n) is 2.74. The predicted octanol–water partition coefficient (Wildman–Crippen LogP) is 5.92. The summed E-state index contributed by atoms with van der Waals surface area (Å²) in [5.41, 5.74) is 1.47. The van der Waals surface area contributed by atoms with Crippen molar-refractivity contribution in [2.45, 2.75) is 19.5 Å². The lowest BCUT2D eigenvalue weighted by molar-refractivity contribution is -0.0520. The Hall–Kier alpha value is -3.28. The minimum absolute atomic E-state index is 0.0875. The van der Waals surface area contributed by atoms with Gasteiger partial charge in [0.05, 0.1) is 5.56 Å².